The van der Waals surface area contributed by atoms with E-state index in [0.29, 0.717) is 0 Å². The van der Waals surface area contributed by atoms with E-state index in [2.05, 4.69) is 25.0 Å². The van der Waals surface area contributed by atoms with Gasteiger partial charge in [-0.15, -0.1) is 47.0 Å². The summed E-state index contributed by atoms with van der Waals surface area (Å²) in [6, 6.07) is 0. The van der Waals surface area contributed by atoms with Gasteiger partial charge in [-0.1, -0.05) is 94.1 Å². The summed E-state index contributed by atoms with van der Waals surface area (Å²) in [5, 5.41) is 0. The SMILES string of the molecule is CSC1=C(SC)SC(=C2SC3=C(S2)SC(=C2SC(SC)=C(SC)S2)S3)S1. The molecule has 0 aliphatic carbocycles. The molecule has 4 aliphatic rings. The summed E-state index contributed by atoms with van der Waals surface area (Å²) >= 11 is 23.2. The van der Waals surface area contributed by atoms with Gasteiger partial charge >= 0.3 is 0 Å². The molecule has 0 aromatic carbocycles. The van der Waals surface area contributed by atoms with E-state index < -0.39 is 0 Å². The van der Waals surface area contributed by atoms with Gasteiger partial charge in [0.1, 0.15) is 0 Å². The lowest BCUT2D eigenvalue weighted by molar-refractivity contribution is 2.30. The Balaban J connectivity index is 1.44. The van der Waals surface area contributed by atoms with Gasteiger partial charge < -0.3 is 0 Å². The molecule has 140 valence electrons. The van der Waals surface area contributed by atoms with Crippen LogP contribution in [0.1, 0.15) is 0 Å². The van der Waals surface area contributed by atoms with Gasteiger partial charge in [-0.3, -0.25) is 0 Å². The van der Waals surface area contributed by atoms with Gasteiger partial charge in [0.15, 0.2) is 0 Å². The highest BCUT2D eigenvalue weighted by Crippen LogP contribution is 2.73. The molecule has 0 amide bonds. The number of thioether (sulfide) groups is 12. The van der Waals surface area contributed by atoms with Crippen molar-refractivity contribution in [1.29, 1.82) is 0 Å². The molecule has 0 N–H and O–H groups in total. The van der Waals surface area contributed by atoms with E-state index >= 15 is 0 Å². The van der Waals surface area contributed by atoms with Crippen LogP contribution in [-0.4, -0.2) is 25.0 Å². The Morgan fingerprint density at radius 1 is 0.346 bits per heavy atom. The van der Waals surface area contributed by atoms with Crippen molar-refractivity contribution in [3.8, 4) is 0 Å². The number of rotatable bonds is 4. The molecule has 0 atom stereocenters. The van der Waals surface area contributed by atoms with Crippen LogP contribution < -0.4 is 0 Å². The smallest absolute Gasteiger partial charge is 0.0718 e. The summed E-state index contributed by atoms with van der Waals surface area (Å²) in [7, 11) is 0. The molecule has 12 heteroatoms. The van der Waals surface area contributed by atoms with Crippen molar-refractivity contribution in [1.82, 2.24) is 0 Å². The Hall–Kier alpha value is 2.90. The van der Waals surface area contributed by atoms with Crippen LogP contribution in [0.5, 0.6) is 0 Å². The molecule has 0 aromatic rings. The van der Waals surface area contributed by atoms with Gasteiger partial charge in [0.25, 0.3) is 0 Å². The van der Waals surface area contributed by atoms with Crippen molar-refractivity contribution in [3.05, 3.63) is 42.4 Å². The largest absolute Gasteiger partial charge is 0.121 e. The van der Waals surface area contributed by atoms with Crippen LogP contribution in [-0.2, 0) is 0 Å². The summed E-state index contributed by atoms with van der Waals surface area (Å²) in [5.41, 5.74) is 0. The Kier molecular flexibility index (Phi) is 8.51. The van der Waals surface area contributed by atoms with Crippen LogP contribution in [0.15, 0.2) is 42.4 Å². The summed E-state index contributed by atoms with van der Waals surface area (Å²) in [6.45, 7) is 0. The van der Waals surface area contributed by atoms with Crippen molar-refractivity contribution >= 4 is 141 Å². The zero-order valence-electron chi connectivity index (χ0n) is 13.9. The first-order valence-electron chi connectivity index (χ1n) is 6.97. The van der Waals surface area contributed by atoms with Crippen molar-refractivity contribution in [3.63, 3.8) is 0 Å². The lowest BCUT2D eigenvalue weighted by Crippen LogP contribution is -1.72. The van der Waals surface area contributed by atoms with Crippen molar-refractivity contribution in [2.75, 3.05) is 25.0 Å². The molecule has 0 nitrogen and oxygen atoms in total. The van der Waals surface area contributed by atoms with Crippen LogP contribution in [0.3, 0.4) is 0 Å². The van der Waals surface area contributed by atoms with E-state index in [1.165, 1.54) is 42.4 Å². The van der Waals surface area contributed by atoms with Gasteiger partial charge in [0.05, 0.1) is 42.4 Å². The van der Waals surface area contributed by atoms with Crippen molar-refractivity contribution in [2.45, 2.75) is 0 Å². The first-order valence-corrected chi connectivity index (χ1v) is 18.4. The average Bonchev–Trinajstić information content (AvgIpc) is 3.39. The first kappa shape index (κ1) is 22.1. The molecule has 0 spiro atoms. The molecule has 0 radical (unpaired) electrons. The van der Waals surface area contributed by atoms with Crippen LogP contribution >= 0.6 is 141 Å². The quantitative estimate of drug-likeness (QED) is 0.319. The molecule has 0 bridgehead atoms. The molecule has 0 fully saturated rings. The Labute approximate surface area is 205 Å². The van der Waals surface area contributed by atoms with Gasteiger partial charge in [-0.25, -0.2) is 0 Å². The van der Waals surface area contributed by atoms with Crippen LogP contribution in [0.2, 0.25) is 0 Å². The lowest BCUT2D eigenvalue weighted by atomic mass is 11.2. The summed E-state index contributed by atoms with van der Waals surface area (Å²) in [4.78, 5) is 0. The van der Waals surface area contributed by atoms with E-state index in [1.807, 2.05) is 141 Å². The van der Waals surface area contributed by atoms with Gasteiger partial charge in [0.2, 0.25) is 0 Å². The van der Waals surface area contributed by atoms with E-state index in [0.717, 1.165) is 0 Å². The molecule has 26 heavy (non-hydrogen) atoms. The normalized spacial score (nSPS) is 23.5. The maximum atomic E-state index is 2.18. The average molecular weight is 565 g/mol. The van der Waals surface area contributed by atoms with Gasteiger partial charge in [-0.05, 0) is 25.0 Å². The van der Waals surface area contributed by atoms with E-state index in [-0.39, 0.29) is 0 Å². The minimum Gasteiger partial charge on any atom is -0.121 e. The van der Waals surface area contributed by atoms with E-state index in [4.69, 9.17) is 0 Å². The molecule has 0 saturated carbocycles. The highest BCUT2D eigenvalue weighted by atomic mass is 32.3. The summed E-state index contributed by atoms with van der Waals surface area (Å²) in [5.74, 6) is 0. The number of hydrogen-bond acceptors (Lipinski definition) is 12. The predicted octanol–water partition coefficient (Wildman–Crippen LogP) is 9.99. The first-order chi connectivity index (χ1) is 12.7. The van der Waals surface area contributed by atoms with Crippen molar-refractivity contribution < 1.29 is 0 Å². The monoisotopic (exact) mass is 564 g/mol. The maximum absolute atomic E-state index is 2.18. The fourth-order valence-electron chi connectivity index (χ4n) is 1.97. The summed E-state index contributed by atoms with van der Waals surface area (Å²) in [6.07, 6.45) is 8.73. The maximum Gasteiger partial charge on any atom is 0.0718 e. The fraction of sp³-hybridized carbons (Fsp3) is 0.286. The third-order valence-corrected chi connectivity index (χ3v) is 20.2. The molecule has 0 aromatic heterocycles. The van der Waals surface area contributed by atoms with E-state index in [1.54, 1.807) is 0 Å². The minimum absolute atomic E-state index is 1.46. The van der Waals surface area contributed by atoms with Crippen LogP contribution in [0, 0.1) is 0 Å². The fourth-order valence-corrected chi connectivity index (χ4v) is 18.9. The highest BCUT2D eigenvalue weighted by molar-refractivity contribution is 8.51. The van der Waals surface area contributed by atoms with Crippen LogP contribution in [0.25, 0.3) is 0 Å². The predicted molar refractivity (Wildman–Crippen MR) is 150 cm³/mol. The topological polar surface area (TPSA) is 0 Å². The third-order valence-electron chi connectivity index (χ3n) is 3.06. The Bertz CT molecular complexity index is 677. The standard InChI is InChI=1S/C14H12S12/c1-15-5-6(16-2)20-9(19-5)11-23-13-14(24-11)26-12(25-13)10-21-7(17-3)8(18-4)22-10/h1-4H3. The second-order valence-electron chi connectivity index (χ2n) is 4.51. The molecular weight excluding hydrogens is 553 g/mol. The molecule has 0 saturated heterocycles. The third kappa shape index (κ3) is 4.56. The minimum atomic E-state index is 1.46. The second-order valence-corrected chi connectivity index (χ2v) is 18.5. The van der Waals surface area contributed by atoms with E-state index in [9.17, 15) is 0 Å². The second kappa shape index (κ2) is 10.0. The lowest BCUT2D eigenvalue weighted by Gasteiger charge is -2.07. The molecule has 4 aliphatic heterocycles. The zero-order chi connectivity index (χ0) is 18.3. The van der Waals surface area contributed by atoms with Crippen molar-refractivity contribution in [2.24, 2.45) is 0 Å². The Morgan fingerprint density at radius 3 is 0.731 bits per heavy atom. The molecule has 4 rings (SSSR count). The van der Waals surface area contributed by atoms with Gasteiger partial charge in [-0.2, -0.15) is 0 Å². The zero-order valence-corrected chi connectivity index (χ0v) is 23.7. The van der Waals surface area contributed by atoms with Crippen LogP contribution in [0.4, 0.5) is 0 Å². The number of hydrogen-bond donors (Lipinski definition) is 0. The molecule has 0 unspecified atom stereocenters. The summed E-state index contributed by atoms with van der Waals surface area (Å²) < 4.78 is 14.7. The molecule has 4 heterocycles. The molecular formula is C14H12S12. The Morgan fingerprint density at radius 2 is 0.538 bits per heavy atom. The van der Waals surface area contributed by atoms with Gasteiger partial charge in [0, 0.05) is 0 Å². The highest BCUT2D eigenvalue weighted by Gasteiger charge is 2.36.